The van der Waals surface area contributed by atoms with E-state index >= 15 is 0 Å². The Morgan fingerprint density at radius 1 is 0.923 bits per heavy atom. The van der Waals surface area contributed by atoms with Crippen LogP contribution >= 0.6 is 24.4 Å². The number of amides is 2. The van der Waals surface area contributed by atoms with Gasteiger partial charge in [0, 0.05) is 24.2 Å². The molecule has 4 N–H and O–H groups in total. The third-order valence-corrected chi connectivity index (χ3v) is 4.18. The highest BCUT2D eigenvalue weighted by Crippen LogP contribution is 2.06. The summed E-state index contributed by atoms with van der Waals surface area (Å²) in [6.45, 7) is 5.89. The largest absolute Gasteiger partial charge is 0.376 e. The molecule has 142 valence electrons. The van der Waals surface area contributed by atoms with Crippen LogP contribution in [0.1, 0.15) is 60.2 Å². The van der Waals surface area contributed by atoms with Crippen LogP contribution in [0.2, 0.25) is 0 Å². The van der Waals surface area contributed by atoms with E-state index in [2.05, 4.69) is 36.7 Å². The summed E-state index contributed by atoms with van der Waals surface area (Å²) in [5.41, 5.74) is 6.06. The number of carbonyl (C=O) groups is 2. The van der Waals surface area contributed by atoms with Crippen molar-refractivity contribution in [3.8, 4) is 0 Å². The number of hydrogen-bond donors (Lipinski definition) is 3. The van der Waals surface area contributed by atoms with E-state index in [0.29, 0.717) is 16.2 Å². The lowest BCUT2D eigenvalue weighted by atomic mass is 10.1. The predicted molar refractivity (Wildman–Crippen MR) is 112 cm³/mol. The molecule has 0 radical (unpaired) electrons. The third kappa shape index (κ3) is 7.45. The van der Waals surface area contributed by atoms with Gasteiger partial charge in [-0.25, -0.2) is 0 Å². The Balaban J connectivity index is 2.71. The van der Waals surface area contributed by atoms with Gasteiger partial charge < -0.3 is 10.6 Å². The van der Waals surface area contributed by atoms with Gasteiger partial charge in [-0.05, 0) is 61.5 Å². The van der Waals surface area contributed by atoms with Crippen LogP contribution in [0.25, 0.3) is 0 Å². The molecule has 6 nitrogen and oxygen atoms in total. The first-order valence-corrected chi connectivity index (χ1v) is 9.51. The van der Waals surface area contributed by atoms with Gasteiger partial charge in [0.1, 0.15) is 0 Å². The number of nitrogens with one attached hydrogen (secondary N) is 2. The highest BCUT2D eigenvalue weighted by molar-refractivity contribution is 7.80. The van der Waals surface area contributed by atoms with Crippen molar-refractivity contribution in [3.05, 3.63) is 35.4 Å². The lowest BCUT2D eigenvalue weighted by Crippen LogP contribution is -2.43. The number of rotatable bonds is 8. The maximum absolute atomic E-state index is 12.4. The fourth-order valence-electron chi connectivity index (χ4n) is 2.22. The fraction of sp³-hybridized carbons (Fsp3) is 0.444. The summed E-state index contributed by atoms with van der Waals surface area (Å²) < 4.78 is 0. The van der Waals surface area contributed by atoms with Gasteiger partial charge in [-0.2, -0.15) is 0 Å². The molecule has 26 heavy (non-hydrogen) atoms. The van der Waals surface area contributed by atoms with E-state index in [4.69, 9.17) is 18.0 Å². The fourth-order valence-corrected chi connectivity index (χ4v) is 2.59. The molecule has 1 aromatic carbocycles. The average Bonchev–Trinajstić information content (AvgIpc) is 2.61. The van der Waals surface area contributed by atoms with Gasteiger partial charge >= 0.3 is 0 Å². The molecule has 0 bridgehead atoms. The van der Waals surface area contributed by atoms with E-state index in [9.17, 15) is 9.59 Å². The molecule has 0 aliphatic carbocycles. The minimum absolute atomic E-state index is 0.0959. The normalized spacial score (nSPS) is 10.1. The monoisotopic (exact) mass is 394 g/mol. The van der Waals surface area contributed by atoms with Crippen LogP contribution in [0.3, 0.4) is 0 Å². The SMILES string of the molecule is CCCCN(CCCC)C(=S)NC(=O)c1ccc(C(=O)NC(N)=S)cc1. The van der Waals surface area contributed by atoms with E-state index in [0.717, 1.165) is 38.8 Å². The molecule has 0 unspecified atom stereocenters. The third-order valence-electron chi connectivity index (χ3n) is 3.72. The van der Waals surface area contributed by atoms with Gasteiger partial charge in [0.15, 0.2) is 10.2 Å². The second-order valence-electron chi connectivity index (χ2n) is 5.85. The first-order chi connectivity index (χ1) is 12.4. The van der Waals surface area contributed by atoms with Gasteiger partial charge in [0.2, 0.25) is 0 Å². The highest BCUT2D eigenvalue weighted by atomic mass is 32.1. The number of carbonyl (C=O) groups excluding carboxylic acids is 2. The molecular formula is C18H26N4O2S2. The summed E-state index contributed by atoms with van der Waals surface area (Å²) >= 11 is 10.0. The molecule has 0 saturated heterocycles. The zero-order valence-corrected chi connectivity index (χ0v) is 16.8. The van der Waals surface area contributed by atoms with Gasteiger partial charge in [0.05, 0.1) is 0 Å². The second kappa shape index (κ2) is 11.5. The summed E-state index contributed by atoms with van der Waals surface area (Å²) in [7, 11) is 0. The van der Waals surface area contributed by atoms with Crippen LogP contribution in [0, 0.1) is 0 Å². The number of nitrogens with zero attached hydrogens (tertiary/aromatic N) is 1. The van der Waals surface area contributed by atoms with Crippen molar-refractivity contribution in [3.63, 3.8) is 0 Å². The smallest absolute Gasteiger partial charge is 0.257 e. The summed E-state index contributed by atoms with van der Waals surface area (Å²) in [6, 6.07) is 6.21. The zero-order valence-electron chi connectivity index (χ0n) is 15.2. The van der Waals surface area contributed by atoms with Crippen LogP contribution in [0.15, 0.2) is 24.3 Å². The van der Waals surface area contributed by atoms with Gasteiger partial charge in [-0.3, -0.25) is 20.2 Å². The van der Waals surface area contributed by atoms with Crippen LogP contribution in [0.4, 0.5) is 0 Å². The first-order valence-electron chi connectivity index (χ1n) is 8.70. The van der Waals surface area contributed by atoms with Crippen molar-refractivity contribution in [2.24, 2.45) is 5.73 Å². The van der Waals surface area contributed by atoms with Crippen molar-refractivity contribution in [1.29, 1.82) is 0 Å². The van der Waals surface area contributed by atoms with E-state index in [1.165, 1.54) is 12.1 Å². The average molecular weight is 395 g/mol. The molecule has 0 aliphatic rings. The minimum atomic E-state index is -0.412. The van der Waals surface area contributed by atoms with Gasteiger partial charge in [0.25, 0.3) is 11.8 Å². The molecule has 0 aromatic heterocycles. The number of benzene rings is 1. The molecular weight excluding hydrogens is 368 g/mol. The number of hydrogen-bond acceptors (Lipinski definition) is 4. The van der Waals surface area contributed by atoms with Gasteiger partial charge in [-0.1, -0.05) is 26.7 Å². The first kappa shape index (κ1) is 22.0. The van der Waals surface area contributed by atoms with E-state index in [1.54, 1.807) is 12.1 Å². The van der Waals surface area contributed by atoms with Crippen molar-refractivity contribution in [2.45, 2.75) is 39.5 Å². The second-order valence-corrected chi connectivity index (χ2v) is 6.68. The Labute approximate surface area is 165 Å². The van der Waals surface area contributed by atoms with Crippen molar-refractivity contribution in [1.82, 2.24) is 15.5 Å². The van der Waals surface area contributed by atoms with Crippen molar-refractivity contribution >= 4 is 46.5 Å². The predicted octanol–water partition coefficient (Wildman–Crippen LogP) is 2.58. The minimum Gasteiger partial charge on any atom is -0.376 e. The van der Waals surface area contributed by atoms with Crippen LogP contribution < -0.4 is 16.4 Å². The Hall–Kier alpha value is -2.06. The summed E-state index contributed by atoms with van der Waals surface area (Å²) in [5.74, 6) is -0.709. The van der Waals surface area contributed by atoms with E-state index in [-0.39, 0.29) is 11.0 Å². The Bertz CT molecular complexity index is 639. The highest BCUT2D eigenvalue weighted by Gasteiger charge is 2.14. The topological polar surface area (TPSA) is 87.5 Å². The molecule has 1 aromatic rings. The van der Waals surface area contributed by atoms with Gasteiger partial charge in [-0.15, -0.1) is 0 Å². The molecule has 0 spiro atoms. The Kier molecular flexibility index (Phi) is 9.75. The zero-order chi connectivity index (χ0) is 19.5. The van der Waals surface area contributed by atoms with Crippen LogP contribution in [0.5, 0.6) is 0 Å². The lowest BCUT2D eigenvalue weighted by molar-refractivity contribution is 0.0963. The number of nitrogens with two attached hydrogens (primary N) is 1. The summed E-state index contributed by atoms with van der Waals surface area (Å²) in [4.78, 5) is 26.2. The lowest BCUT2D eigenvalue weighted by Gasteiger charge is -2.25. The number of thiocarbonyl (C=S) groups is 2. The standard InChI is InChI=1S/C18H26N4O2S2/c1-3-5-11-22(12-6-4-2)18(26)21-16(24)14-9-7-13(8-10-14)15(23)20-17(19)25/h7-10H,3-6,11-12H2,1-2H3,(H,21,24,26)(H3,19,20,23,25). The summed E-state index contributed by atoms with van der Waals surface area (Å²) in [6.07, 6.45) is 4.17. The van der Waals surface area contributed by atoms with Crippen molar-refractivity contribution < 1.29 is 9.59 Å². The Morgan fingerprint density at radius 3 is 1.73 bits per heavy atom. The van der Waals surface area contributed by atoms with Crippen LogP contribution in [-0.2, 0) is 0 Å². The molecule has 1 rings (SSSR count). The maximum atomic E-state index is 12.4. The number of unbranched alkanes of at least 4 members (excludes halogenated alkanes) is 2. The molecule has 0 saturated carbocycles. The van der Waals surface area contributed by atoms with E-state index in [1.807, 2.05) is 4.90 Å². The molecule has 0 aliphatic heterocycles. The molecule has 8 heteroatoms. The van der Waals surface area contributed by atoms with Crippen LogP contribution in [-0.4, -0.2) is 40.0 Å². The maximum Gasteiger partial charge on any atom is 0.257 e. The van der Waals surface area contributed by atoms with E-state index < -0.39 is 5.91 Å². The Morgan fingerprint density at radius 2 is 1.35 bits per heavy atom. The molecule has 2 amide bonds. The van der Waals surface area contributed by atoms with Crippen molar-refractivity contribution in [2.75, 3.05) is 13.1 Å². The molecule has 0 fully saturated rings. The molecule has 0 atom stereocenters. The molecule has 0 heterocycles. The quantitative estimate of drug-likeness (QED) is 0.588. The summed E-state index contributed by atoms with van der Waals surface area (Å²) in [5, 5.41) is 5.45.